The standard InChI is InChI=1S/C19H27Cl2NO3/c1-22(2)13-14-6-3-4-7-17(14)25-19(23)8-5-11-24-18-10-9-15(20)12-16(18)21/h9-10,12,14,17H,3-8,11,13H2,1-2H3. The Kier molecular flexibility index (Phi) is 8.34. The van der Waals surface area contributed by atoms with Crippen molar-refractivity contribution >= 4 is 29.2 Å². The Hall–Kier alpha value is -0.970. The maximum Gasteiger partial charge on any atom is 0.306 e. The molecule has 6 heteroatoms. The van der Waals surface area contributed by atoms with Gasteiger partial charge in [-0.15, -0.1) is 0 Å². The van der Waals surface area contributed by atoms with Crippen molar-refractivity contribution in [3.63, 3.8) is 0 Å². The van der Waals surface area contributed by atoms with Crippen molar-refractivity contribution in [3.8, 4) is 5.75 Å². The molecule has 2 rings (SSSR count). The summed E-state index contributed by atoms with van der Waals surface area (Å²) >= 11 is 11.9. The van der Waals surface area contributed by atoms with E-state index in [2.05, 4.69) is 19.0 Å². The Morgan fingerprint density at radius 2 is 2.00 bits per heavy atom. The molecule has 2 unspecified atom stereocenters. The van der Waals surface area contributed by atoms with Gasteiger partial charge < -0.3 is 14.4 Å². The average Bonchev–Trinajstić information content (AvgIpc) is 2.54. The molecular formula is C19H27Cl2NO3. The first-order chi connectivity index (χ1) is 12.0. The molecule has 0 radical (unpaired) electrons. The van der Waals surface area contributed by atoms with Gasteiger partial charge in [-0.05, 0) is 58.0 Å². The van der Waals surface area contributed by atoms with E-state index in [1.165, 1.54) is 6.42 Å². The van der Waals surface area contributed by atoms with E-state index in [4.69, 9.17) is 32.7 Å². The Morgan fingerprint density at radius 1 is 1.24 bits per heavy atom. The zero-order chi connectivity index (χ0) is 18.2. The summed E-state index contributed by atoms with van der Waals surface area (Å²) in [5.41, 5.74) is 0. The molecule has 1 aliphatic rings. The Balaban J connectivity index is 1.70. The van der Waals surface area contributed by atoms with Crippen LogP contribution in [0.15, 0.2) is 18.2 Å². The zero-order valence-electron chi connectivity index (χ0n) is 15.0. The van der Waals surface area contributed by atoms with Gasteiger partial charge in [-0.2, -0.15) is 0 Å². The number of carbonyl (C=O) groups is 1. The third-order valence-corrected chi connectivity index (χ3v) is 4.93. The molecule has 0 aromatic heterocycles. The van der Waals surface area contributed by atoms with Gasteiger partial charge in [-0.25, -0.2) is 0 Å². The highest BCUT2D eigenvalue weighted by atomic mass is 35.5. The number of esters is 1. The van der Waals surface area contributed by atoms with Gasteiger partial charge in [0.15, 0.2) is 0 Å². The molecule has 4 nitrogen and oxygen atoms in total. The van der Waals surface area contributed by atoms with Crippen molar-refractivity contribution in [2.45, 2.75) is 44.6 Å². The summed E-state index contributed by atoms with van der Waals surface area (Å²) in [4.78, 5) is 14.3. The predicted octanol–water partition coefficient (Wildman–Crippen LogP) is 4.82. The van der Waals surface area contributed by atoms with Gasteiger partial charge in [0.25, 0.3) is 0 Å². The van der Waals surface area contributed by atoms with E-state index < -0.39 is 0 Å². The molecule has 1 aromatic carbocycles. The van der Waals surface area contributed by atoms with E-state index in [1.54, 1.807) is 18.2 Å². The molecule has 1 saturated carbocycles. The molecule has 1 fully saturated rings. The minimum absolute atomic E-state index is 0.0512. The van der Waals surface area contributed by atoms with Crippen LogP contribution in [0.5, 0.6) is 5.75 Å². The number of halogens is 2. The van der Waals surface area contributed by atoms with E-state index in [0.29, 0.717) is 41.2 Å². The van der Waals surface area contributed by atoms with Crippen LogP contribution in [0.4, 0.5) is 0 Å². The van der Waals surface area contributed by atoms with Gasteiger partial charge in [0.1, 0.15) is 11.9 Å². The van der Waals surface area contributed by atoms with Crippen LogP contribution < -0.4 is 4.74 Å². The Morgan fingerprint density at radius 3 is 2.72 bits per heavy atom. The molecule has 1 aromatic rings. The van der Waals surface area contributed by atoms with Crippen LogP contribution in [-0.4, -0.2) is 44.2 Å². The molecule has 2 atom stereocenters. The summed E-state index contributed by atoms with van der Waals surface area (Å²) in [5.74, 6) is 0.885. The summed E-state index contributed by atoms with van der Waals surface area (Å²) in [6, 6.07) is 5.10. The van der Waals surface area contributed by atoms with Gasteiger partial charge in [-0.3, -0.25) is 4.79 Å². The van der Waals surface area contributed by atoms with Crippen LogP contribution in [0.25, 0.3) is 0 Å². The number of hydrogen-bond acceptors (Lipinski definition) is 4. The molecule has 0 saturated heterocycles. The lowest BCUT2D eigenvalue weighted by atomic mass is 9.86. The second-order valence-corrected chi connectivity index (χ2v) is 7.71. The minimum atomic E-state index is -0.138. The van der Waals surface area contributed by atoms with Crippen LogP contribution in [0, 0.1) is 5.92 Å². The lowest BCUT2D eigenvalue weighted by molar-refractivity contribution is -0.154. The van der Waals surface area contributed by atoms with Gasteiger partial charge in [0.05, 0.1) is 11.6 Å². The van der Waals surface area contributed by atoms with Crippen molar-refractivity contribution in [1.82, 2.24) is 4.90 Å². The summed E-state index contributed by atoms with van der Waals surface area (Å²) in [7, 11) is 4.12. The van der Waals surface area contributed by atoms with Crippen LogP contribution in [-0.2, 0) is 9.53 Å². The van der Waals surface area contributed by atoms with Crippen LogP contribution in [0.3, 0.4) is 0 Å². The van der Waals surface area contributed by atoms with Gasteiger partial charge in [0.2, 0.25) is 0 Å². The molecular weight excluding hydrogens is 361 g/mol. The van der Waals surface area contributed by atoms with E-state index in [9.17, 15) is 4.79 Å². The van der Waals surface area contributed by atoms with E-state index >= 15 is 0 Å². The highest BCUT2D eigenvalue weighted by molar-refractivity contribution is 6.35. The lowest BCUT2D eigenvalue weighted by Crippen LogP contribution is -2.36. The first-order valence-electron chi connectivity index (χ1n) is 8.88. The van der Waals surface area contributed by atoms with Crippen LogP contribution in [0.1, 0.15) is 38.5 Å². The largest absolute Gasteiger partial charge is 0.492 e. The molecule has 25 heavy (non-hydrogen) atoms. The highest BCUT2D eigenvalue weighted by Gasteiger charge is 2.28. The monoisotopic (exact) mass is 387 g/mol. The summed E-state index contributed by atoms with van der Waals surface area (Å²) in [6.45, 7) is 1.39. The number of hydrogen-bond donors (Lipinski definition) is 0. The number of nitrogens with zero attached hydrogens (tertiary/aromatic N) is 1. The van der Waals surface area contributed by atoms with Crippen molar-refractivity contribution in [2.24, 2.45) is 5.92 Å². The normalized spacial score (nSPS) is 20.5. The number of carbonyl (C=O) groups excluding carboxylic acids is 1. The van der Waals surface area contributed by atoms with Crippen LogP contribution >= 0.6 is 23.2 Å². The zero-order valence-corrected chi connectivity index (χ0v) is 16.5. The summed E-state index contributed by atoms with van der Waals surface area (Å²) < 4.78 is 11.3. The van der Waals surface area contributed by atoms with E-state index in [0.717, 1.165) is 25.8 Å². The molecule has 0 spiro atoms. The van der Waals surface area contributed by atoms with Gasteiger partial charge in [-0.1, -0.05) is 29.6 Å². The third kappa shape index (κ3) is 7.04. The van der Waals surface area contributed by atoms with Crippen molar-refractivity contribution < 1.29 is 14.3 Å². The van der Waals surface area contributed by atoms with Crippen molar-refractivity contribution in [1.29, 1.82) is 0 Å². The summed E-state index contributed by atoms with van der Waals surface area (Å²) in [5, 5.41) is 1.05. The fourth-order valence-electron chi connectivity index (χ4n) is 3.23. The molecule has 0 heterocycles. The molecule has 0 bridgehead atoms. The van der Waals surface area contributed by atoms with Crippen molar-refractivity contribution in [2.75, 3.05) is 27.2 Å². The topological polar surface area (TPSA) is 38.8 Å². The molecule has 0 amide bonds. The lowest BCUT2D eigenvalue weighted by Gasteiger charge is -2.32. The van der Waals surface area contributed by atoms with Crippen molar-refractivity contribution in [3.05, 3.63) is 28.2 Å². The second-order valence-electron chi connectivity index (χ2n) is 6.86. The Labute approximate surface area is 160 Å². The first kappa shape index (κ1) is 20.3. The fourth-order valence-corrected chi connectivity index (χ4v) is 3.69. The molecule has 1 aliphatic carbocycles. The molecule has 140 valence electrons. The maximum absolute atomic E-state index is 12.1. The second kappa shape index (κ2) is 10.2. The number of ether oxygens (including phenoxy) is 2. The van der Waals surface area contributed by atoms with E-state index in [1.807, 2.05) is 0 Å². The van der Waals surface area contributed by atoms with Gasteiger partial charge >= 0.3 is 5.97 Å². The highest BCUT2D eigenvalue weighted by Crippen LogP contribution is 2.29. The van der Waals surface area contributed by atoms with Crippen LogP contribution in [0.2, 0.25) is 10.0 Å². The fraction of sp³-hybridized carbons (Fsp3) is 0.632. The average molecular weight is 388 g/mol. The number of benzene rings is 1. The number of rotatable bonds is 8. The first-order valence-corrected chi connectivity index (χ1v) is 9.63. The maximum atomic E-state index is 12.1. The smallest absolute Gasteiger partial charge is 0.306 e. The quantitative estimate of drug-likeness (QED) is 0.473. The summed E-state index contributed by atoms with van der Waals surface area (Å²) in [6.07, 6.45) is 5.48. The SMILES string of the molecule is CN(C)CC1CCCCC1OC(=O)CCCOc1ccc(Cl)cc1Cl. The minimum Gasteiger partial charge on any atom is -0.492 e. The van der Waals surface area contributed by atoms with E-state index in [-0.39, 0.29) is 12.1 Å². The molecule has 0 aliphatic heterocycles. The Bertz CT molecular complexity index is 566. The third-order valence-electron chi connectivity index (χ3n) is 4.40. The predicted molar refractivity (Wildman–Crippen MR) is 102 cm³/mol. The van der Waals surface area contributed by atoms with Gasteiger partial charge in [0, 0.05) is 23.9 Å². The molecule has 0 N–H and O–H groups in total.